The summed E-state index contributed by atoms with van der Waals surface area (Å²) in [6.07, 6.45) is 0.433. The van der Waals surface area contributed by atoms with Gasteiger partial charge in [0.25, 0.3) is 5.91 Å². The molecule has 0 saturated heterocycles. The molecule has 23 heavy (non-hydrogen) atoms. The van der Waals surface area contributed by atoms with Crippen molar-refractivity contribution >= 4 is 5.91 Å². The van der Waals surface area contributed by atoms with Gasteiger partial charge in [-0.1, -0.05) is 18.2 Å². The number of carbonyl (C=O) groups is 1. The molecule has 0 spiro atoms. The molecule has 1 heterocycles. The Bertz CT molecular complexity index is 705. The number of hydrogen-bond acceptors (Lipinski definition) is 4. The summed E-state index contributed by atoms with van der Waals surface area (Å²) in [5, 5.41) is 2.69. The normalized spacial score (nSPS) is 12.0. The number of hydrogen-bond donors (Lipinski definition) is 1. The number of ether oxygens (including phenoxy) is 3. The van der Waals surface area contributed by atoms with E-state index in [2.05, 4.69) is 5.32 Å². The molecule has 0 radical (unpaired) electrons. The summed E-state index contributed by atoms with van der Waals surface area (Å²) in [7, 11) is 0. The van der Waals surface area contributed by atoms with Crippen LogP contribution in [0, 0.1) is 5.82 Å². The van der Waals surface area contributed by atoms with E-state index in [1.165, 1.54) is 6.07 Å². The average Bonchev–Trinajstić information content (AvgIpc) is 3.02. The first-order chi connectivity index (χ1) is 11.2. The maximum atomic E-state index is 13.4. The lowest BCUT2D eigenvalue weighted by molar-refractivity contribution is -0.123. The van der Waals surface area contributed by atoms with E-state index in [4.69, 9.17) is 14.2 Å². The monoisotopic (exact) mass is 317 g/mol. The molecule has 0 aliphatic carbocycles. The second kappa shape index (κ2) is 7.00. The second-order valence-corrected chi connectivity index (χ2v) is 5.00. The van der Waals surface area contributed by atoms with Crippen molar-refractivity contribution in [3.05, 3.63) is 53.8 Å². The van der Waals surface area contributed by atoms with Crippen molar-refractivity contribution in [1.82, 2.24) is 5.32 Å². The summed E-state index contributed by atoms with van der Waals surface area (Å²) in [5.74, 6) is 1.25. The van der Waals surface area contributed by atoms with Gasteiger partial charge in [0.2, 0.25) is 6.79 Å². The van der Waals surface area contributed by atoms with Gasteiger partial charge in [-0.15, -0.1) is 0 Å². The lowest BCUT2D eigenvalue weighted by Gasteiger charge is -2.08. The van der Waals surface area contributed by atoms with Crippen molar-refractivity contribution in [1.29, 1.82) is 0 Å². The predicted octanol–water partition coefficient (Wildman–Crippen LogP) is 2.29. The molecular formula is C17H16FNO4. The SMILES string of the molecule is O=C(COc1ccc2c(c1)OCO2)NCCc1ccccc1F. The lowest BCUT2D eigenvalue weighted by atomic mass is 10.1. The smallest absolute Gasteiger partial charge is 0.257 e. The topological polar surface area (TPSA) is 56.8 Å². The van der Waals surface area contributed by atoms with Crippen molar-refractivity contribution in [2.45, 2.75) is 6.42 Å². The predicted molar refractivity (Wildman–Crippen MR) is 81.2 cm³/mol. The Labute approximate surface area is 133 Å². The van der Waals surface area contributed by atoms with Crippen LogP contribution in [0.15, 0.2) is 42.5 Å². The highest BCUT2D eigenvalue weighted by Gasteiger charge is 2.14. The van der Waals surface area contributed by atoms with Crippen LogP contribution in [0.4, 0.5) is 4.39 Å². The van der Waals surface area contributed by atoms with Gasteiger partial charge in [0, 0.05) is 12.6 Å². The van der Waals surface area contributed by atoms with Gasteiger partial charge in [-0.25, -0.2) is 4.39 Å². The van der Waals surface area contributed by atoms with E-state index >= 15 is 0 Å². The molecule has 0 bridgehead atoms. The van der Waals surface area contributed by atoms with Gasteiger partial charge < -0.3 is 19.5 Å². The van der Waals surface area contributed by atoms with Gasteiger partial charge >= 0.3 is 0 Å². The summed E-state index contributed by atoms with van der Waals surface area (Å²) < 4.78 is 29.3. The van der Waals surface area contributed by atoms with Gasteiger partial charge in [-0.05, 0) is 30.2 Å². The number of amides is 1. The third-order valence-corrected chi connectivity index (χ3v) is 3.39. The minimum Gasteiger partial charge on any atom is -0.484 e. The highest BCUT2D eigenvalue weighted by atomic mass is 19.1. The third-order valence-electron chi connectivity index (χ3n) is 3.39. The molecule has 0 unspecified atom stereocenters. The van der Waals surface area contributed by atoms with E-state index in [1.807, 2.05) is 0 Å². The Morgan fingerprint density at radius 2 is 2.00 bits per heavy atom. The Morgan fingerprint density at radius 3 is 2.87 bits per heavy atom. The van der Waals surface area contributed by atoms with Crippen LogP contribution in [0.5, 0.6) is 17.2 Å². The molecule has 0 aromatic heterocycles. The van der Waals surface area contributed by atoms with Crippen LogP contribution in [0.1, 0.15) is 5.56 Å². The average molecular weight is 317 g/mol. The van der Waals surface area contributed by atoms with Gasteiger partial charge in [-0.3, -0.25) is 4.79 Å². The Balaban J connectivity index is 1.42. The maximum absolute atomic E-state index is 13.4. The molecule has 2 aromatic carbocycles. The fourth-order valence-electron chi connectivity index (χ4n) is 2.20. The van der Waals surface area contributed by atoms with Crippen LogP contribution < -0.4 is 19.5 Å². The molecule has 6 heteroatoms. The van der Waals surface area contributed by atoms with E-state index in [0.717, 1.165) is 0 Å². The van der Waals surface area contributed by atoms with Crippen molar-refractivity contribution in [3.8, 4) is 17.2 Å². The van der Waals surface area contributed by atoms with Gasteiger partial charge in [0.05, 0.1) is 0 Å². The lowest BCUT2D eigenvalue weighted by Crippen LogP contribution is -2.30. The van der Waals surface area contributed by atoms with E-state index in [-0.39, 0.29) is 25.1 Å². The largest absolute Gasteiger partial charge is 0.484 e. The zero-order valence-electron chi connectivity index (χ0n) is 12.4. The van der Waals surface area contributed by atoms with Crippen LogP contribution in [0.25, 0.3) is 0 Å². The zero-order chi connectivity index (χ0) is 16.1. The maximum Gasteiger partial charge on any atom is 0.257 e. The van der Waals surface area contributed by atoms with Crippen molar-refractivity contribution < 1.29 is 23.4 Å². The summed E-state index contributed by atoms with van der Waals surface area (Å²) in [4.78, 5) is 11.7. The number of rotatable bonds is 6. The van der Waals surface area contributed by atoms with E-state index in [9.17, 15) is 9.18 Å². The highest BCUT2D eigenvalue weighted by Crippen LogP contribution is 2.34. The van der Waals surface area contributed by atoms with Crippen LogP contribution in [0.2, 0.25) is 0 Å². The molecular weight excluding hydrogens is 301 g/mol. The fourth-order valence-corrected chi connectivity index (χ4v) is 2.20. The Hall–Kier alpha value is -2.76. The van der Waals surface area contributed by atoms with Crippen LogP contribution in [0.3, 0.4) is 0 Å². The molecule has 1 aliphatic rings. The minimum absolute atomic E-state index is 0.114. The zero-order valence-corrected chi connectivity index (χ0v) is 12.4. The van der Waals surface area contributed by atoms with E-state index < -0.39 is 0 Å². The molecule has 3 rings (SSSR count). The van der Waals surface area contributed by atoms with Crippen LogP contribution in [-0.2, 0) is 11.2 Å². The molecule has 2 aromatic rings. The minimum atomic E-state index is -0.265. The second-order valence-electron chi connectivity index (χ2n) is 5.00. The van der Waals surface area contributed by atoms with Crippen LogP contribution in [-0.4, -0.2) is 25.9 Å². The summed E-state index contributed by atoms with van der Waals surface area (Å²) >= 11 is 0. The number of carbonyl (C=O) groups excluding carboxylic acids is 1. The molecule has 0 saturated carbocycles. The number of halogens is 1. The number of fused-ring (bicyclic) bond motifs is 1. The van der Waals surface area contributed by atoms with Gasteiger partial charge in [-0.2, -0.15) is 0 Å². The number of benzene rings is 2. The molecule has 1 amide bonds. The molecule has 0 fully saturated rings. The van der Waals surface area contributed by atoms with Gasteiger partial charge in [0.15, 0.2) is 18.1 Å². The first-order valence-corrected chi connectivity index (χ1v) is 7.25. The quantitative estimate of drug-likeness (QED) is 0.888. The van der Waals surface area contributed by atoms with E-state index in [1.54, 1.807) is 36.4 Å². The van der Waals surface area contributed by atoms with Gasteiger partial charge in [0.1, 0.15) is 11.6 Å². The molecule has 5 nitrogen and oxygen atoms in total. The summed E-state index contributed by atoms with van der Waals surface area (Å²) in [6, 6.07) is 11.6. The van der Waals surface area contributed by atoms with E-state index in [0.29, 0.717) is 35.8 Å². The Kier molecular flexibility index (Phi) is 4.61. The summed E-state index contributed by atoms with van der Waals surface area (Å²) in [6.45, 7) is 0.427. The van der Waals surface area contributed by atoms with Crippen LogP contribution >= 0.6 is 0 Å². The summed E-state index contributed by atoms with van der Waals surface area (Å²) in [5.41, 5.74) is 0.574. The fraction of sp³-hybridized carbons (Fsp3) is 0.235. The molecule has 1 N–H and O–H groups in total. The molecule has 120 valence electrons. The van der Waals surface area contributed by atoms with Crippen molar-refractivity contribution in [2.75, 3.05) is 19.9 Å². The Morgan fingerprint density at radius 1 is 1.17 bits per heavy atom. The highest BCUT2D eigenvalue weighted by molar-refractivity contribution is 5.77. The first-order valence-electron chi connectivity index (χ1n) is 7.25. The van der Waals surface area contributed by atoms with Crippen molar-refractivity contribution in [2.24, 2.45) is 0 Å². The number of nitrogens with one attached hydrogen (secondary N) is 1. The molecule has 0 atom stereocenters. The first kappa shape index (κ1) is 15.1. The third kappa shape index (κ3) is 3.91. The standard InChI is InChI=1S/C17H16FNO4/c18-14-4-2-1-3-12(14)7-8-19-17(20)10-21-13-5-6-15-16(9-13)23-11-22-15/h1-6,9H,7-8,10-11H2,(H,19,20). The van der Waals surface area contributed by atoms with Crippen molar-refractivity contribution in [3.63, 3.8) is 0 Å². The molecule has 1 aliphatic heterocycles.